The van der Waals surface area contributed by atoms with Gasteiger partial charge < -0.3 is 9.80 Å². The highest BCUT2D eigenvalue weighted by Gasteiger charge is 2.28. The molecule has 2 amide bonds. The second kappa shape index (κ2) is 7.06. The normalized spacial score (nSPS) is 17.1. The molecule has 1 aliphatic heterocycles. The number of rotatable bonds is 3. The molecule has 9 nitrogen and oxygen atoms in total. The molecule has 1 atom stereocenters. The fourth-order valence-electron chi connectivity index (χ4n) is 3.73. The maximum atomic E-state index is 12.8. The van der Waals surface area contributed by atoms with Gasteiger partial charge in [0.15, 0.2) is 5.65 Å². The lowest BCUT2D eigenvalue weighted by atomic mass is 9.94. The Labute approximate surface area is 162 Å². The largest absolute Gasteiger partial charge is 0.345 e. The van der Waals surface area contributed by atoms with Crippen molar-refractivity contribution in [1.82, 2.24) is 34.2 Å². The molecule has 4 rings (SSSR count). The average Bonchev–Trinajstić information content (AvgIpc) is 3.33. The highest BCUT2D eigenvalue weighted by Crippen LogP contribution is 2.28. The van der Waals surface area contributed by atoms with Crippen LogP contribution in [0.5, 0.6) is 0 Å². The average molecular weight is 381 g/mol. The molecule has 0 bridgehead atoms. The molecule has 0 N–H and O–H groups in total. The van der Waals surface area contributed by atoms with Gasteiger partial charge in [0.25, 0.3) is 11.8 Å². The van der Waals surface area contributed by atoms with Gasteiger partial charge in [-0.3, -0.25) is 14.3 Å². The van der Waals surface area contributed by atoms with Crippen LogP contribution in [0.2, 0.25) is 0 Å². The number of carbonyl (C=O) groups excluding carboxylic acids is 2. The molecule has 3 aromatic rings. The summed E-state index contributed by atoms with van der Waals surface area (Å²) in [7, 11) is 5.21. The Kier molecular flexibility index (Phi) is 4.58. The minimum Gasteiger partial charge on any atom is -0.345 e. The zero-order chi connectivity index (χ0) is 19.8. The topological polar surface area (TPSA) is 88.6 Å². The highest BCUT2D eigenvalue weighted by molar-refractivity contribution is 5.99. The number of nitrogens with zero attached hydrogens (tertiary/aromatic N) is 7. The lowest BCUT2D eigenvalue weighted by Crippen LogP contribution is -2.39. The molecule has 0 radical (unpaired) electrons. The Hall–Kier alpha value is -3.23. The maximum Gasteiger partial charge on any atom is 0.258 e. The van der Waals surface area contributed by atoms with Gasteiger partial charge in [-0.05, 0) is 18.9 Å². The van der Waals surface area contributed by atoms with Crippen LogP contribution in [0.25, 0.3) is 5.65 Å². The highest BCUT2D eigenvalue weighted by atomic mass is 16.2. The summed E-state index contributed by atoms with van der Waals surface area (Å²) < 4.78 is 3.37. The molecular formula is C19H23N7O2. The zero-order valence-corrected chi connectivity index (χ0v) is 16.2. The third-order valence-corrected chi connectivity index (χ3v) is 5.15. The van der Waals surface area contributed by atoms with E-state index in [1.54, 1.807) is 55.1 Å². The molecular weight excluding hydrogens is 358 g/mol. The van der Waals surface area contributed by atoms with E-state index in [-0.39, 0.29) is 17.7 Å². The van der Waals surface area contributed by atoms with Gasteiger partial charge in [-0.2, -0.15) is 10.2 Å². The predicted octanol–water partition coefficient (Wildman–Crippen LogP) is 1.18. The Morgan fingerprint density at radius 1 is 1.21 bits per heavy atom. The third kappa shape index (κ3) is 3.12. The first kappa shape index (κ1) is 18.1. The fraction of sp³-hybridized carbons (Fsp3) is 0.421. The van der Waals surface area contributed by atoms with Crippen molar-refractivity contribution in [2.75, 3.05) is 27.2 Å². The van der Waals surface area contributed by atoms with Crippen LogP contribution in [0.3, 0.4) is 0 Å². The van der Waals surface area contributed by atoms with E-state index in [9.17, 15) is 9.59 Å². The Morgan fingerprint density at radius 2 is 2.04 bits per heavy atom. The number of aromatic nitrogens is 5. The zero-order valence-electron chi connectivity index (χ0n) is 16.2. The Morgan fingerprint density at radius 3 is 2.75 bits per heavy atom. The van der Waals surface area contributed by atoms with Crippen LogP contribution in [-0.2, 0) is 7.05 Å². The number of amides is 2. The van der Waals surface area contributed by atoms with Crippen molar-refractivity contribution in [2.45, 2.75) is 18.8 Å². The molecule has 1 fully saturated rings. The number of hydrogen-bond donors (Lipinski definition) is 0. The summed E-state index contributed by atoms with van der Waals surface area (Å²) in [5, 5.41) is 8.51. The first-order valence-corrected chi connectivity index (χ1v) is 9.28. The third-order valence-electron chi connectivity index (χ3n) is 5.15. The predicted molar refractivity (Wildman–Crippen MR) is 102 cm³/mol. The summed E-state index contributed by atoms with van der Waals surface area (Å²) in [6, 6.07) is 1.92. The van der Waals surface area contributed by atoms with Gasteiger partial charge in [0.2, 0.25) is 0 Å². The summed E-state index contributed by atoms with van der Waals surface area (Å²) in [5.74, 6) is -0.00852. The molecule has 9 heteroatoms. The molecule has 0 unspecified atom stereocenters. The van der Waals surface area contributed by atoms with E-state index in [0.717, 1.165) is 25.1 Å². The first-order chi connectivity index (χ1) is 13.5. The van der Waals surface area contributed by atoms with Gasteiger partial charge in [0, 0.05) is 52.5 Å². The molecule has 0 aliphatic carbocycles. The fourth-order valence-corrected chi connectivity index (χ4v) is 3.73. The standard InChI is InChI=1S/C19H23N7O2/c1-23(2)19(28)15-10-22-26-16(6-7-20-17(15)26)13-5-4-8-25(12-13)18(27)14-9-21-24(3)11-14/h6-7,9-11,13H,4-5,8,12H2,1-3H3/t13-/m0/s1. The van der Waals surface area contributed by atoms with Crippen LogP contribution in [-0.4, -0.2) is 73.2 Å². The quantitative estimate of drug-likeness (QED) is 0.680. The molecule has 1 saturated heterocycles. The van der Waals surface area contributed by atoms with E-state index in [1.807, 2.05) is 11.0 Å². The van der Waals surface area contributed by atoms with E-state index in [2.05, 4.69) is 15.2 Å². The van der Waals surface area contributed by atoms with Crippen molar-refractivity contribution in [1.29, 1.82) is 0 Å². The van der Waals surface area contributed by atoms with Crippen LogP contribution in [0.4, 0.5) is 0 Å². The SMILES string of the molecule is CN(C)C(=O)c1cnn2c([C@H]3CCCN(C(=O)c4cnn(C)c4)C3)ccnc12. The van der Waals surface area contributed by atoms with Crippen molar-refractivity contribution < 1.29 is 9.59 Å². The molecule has 28 heavy (non-hydrogen) atoms. The van der Waals surface area contributed by atoms with Crippen molar-refractivity contribution >= 4 is 17.5 Å². The van der Waals surface area contributed by atoms with E-state index < -0.39 is 0 Å². The van der Waals surface area contributed by atoms with Crippen LogP contribution in [0.1, 0.15) is 45.2 Å². The maximum absolute atomic E-state index is 12.8. The van der Waals surface area contributed by atoms with Crippen molar-refractivity contribution in [2.24, 2.45) is 7.05 Å². The van der Waals surface area contributed by atoms with Gasteiger partial charge in [-0.1, -0.05) is 0 Å². The van der Waals surface area contributed by atoms with E-state index >= 15 is 0 Å². The Balaban J connectivity index is 1.63. The molecule has 146 valence electrons. The summed E-state index contributed by atoms with van der Waals surface area (Å²) in [4.78, 5) is 32.9. The van der Waals surface area contributed by atoms with Crippen LogP contribution in [0, 0.1) is 0 Å². The monoisotopic (exact) mass is 381 g/mol. The lowest BCUT2D eigenvalue weighted by molar-refractivity contribution is 0.0704. The summed E-state index contributed by atoms with van der Waals surface area (Å²) in [6.07, 6.45) is 8.47. The molecule has 4 heterocycles. The number of likely N-dealkylation sites (tertiary alicyclic amines) is 1. The lowest BCUT2D eigenvalue weighted by Gasteiger charge is -2.32. The number of piperidine rings is 1. The van der Waals surface area contributed by atoms with E-state index in [1.165, 1.54) is 4.90 Å². The van der Waals surface area contributed by atoms with Gasteiger partial charge in [-0.15, -0.1) is 0 Å². The number of aryl methyl sites for hydroxylation is 1. The van der Waals surface area contributed by atoms with Gasteiger partial charge in [0.05, 0.1) is 23.7 Å². The summed E-state index contributed by atoms with van der Waals surface area (Å²) in [6.45, 7) is 1.32. The first-order valence-electron chi connectivity index (χ1n) is 9.28. The number of hydrogen-bond acceptors (Lipinski definition) is 5. The van der Waals surface area contributed by atoms with E-state index in [0.29, 0.717) is 23.3 Å². The smallest absolute Gasteiger partial charge is 0.258 e. The van der Waals surface area contributed by atoms with Crippen molar-refractivity contribution in [3.8, 4) is 0 Å². The number of carbonyl (C=O) groups is 2. The van der Waals surface area contributed by atoms with Crippen LogP contribution in [0.15, 0.2) is 30.9 Å². The van der Waals surface area contributed by atoms with Crippen LogP contribution >= 0.6 is 0 Å². The summed E-state index contributed by atoms with van der Waals surface area (Å²) in [5.41, 5.74) is 2.59. The Bertz CT molecular complexity index is 1040. The van der Waals surface area contributed by atoms with Crippen LogP contribution < -0.4 is 0 Å². The second-order valence-electron chi connectivity index (χ2n) is 7.36. The van der Waals surface area contributed by atoms with Gasteiger partial charge in [0.1, 0.15) is 5.56 Å². The van der Waals surface area contributed by atoms with E-state index in [4.69, 9.17) is 0 Å². The number of fused-ring (bicyclic) bond motifs is 1. The molecule has 0 aromatic carbocycles. The van der Waals surface area contributed by atoms with Gasteiger partial charge in [-0.25, -0.2) is 9.50 Å². The summed E-state index contributed by atoms with van der Waals surface area (Å²) >= 11 is 0. The van der Waals surface area contributed by atoms with Crippen molar-refractivity contribution in [3.05, 3.63) is 47.7 Å². The molecule has 0 saturated carbocycles. The minimum absolute atomic E-state index is 0.00737. The second-order valence-corrected chi connectivity index (χ2v) is 7.36. The minimum atomic E-state index is -0.128. The van der Waals surface area contributed by atoms with Gasteiger partial charge >= 0.3 is 0 Å². The molecule has 3 aromatic heterocycles. The van der Waals surface area contributed by atoms with Crippen molar-refractivity contribution in [3.63, 3.8) is 0 Å². The molecule has 0 spiro atoms. The molecule has 1 aliphatic rings.